The van der Waals surface area contributed by atoms with Crippen molar-refractivity contribution in [2.24, 2.45) is 4.99 Å². The topological polar surface area (TPSA) is 73.8 Å². The van der Waals surface area contributed by atoms with E-state index in [1.807, 2.05) is 31.4 Å². The van der Waals surface area contributed by atoms with Crippen LogP contribution >= 0.6 is 0 Å². The van der Waals surface area contributed by atoms with Crippen molar-refractivity contribution in [2.75, 3.05) is 20.1 Å². The molecule has 2 aliphatic heterocycles. The molecule has 0 bridgehead atoms. The van der Waals surface area contributed by atoms with Gasteiger partial charge in [-0.3, -0.25) is 14.6 Å². The average Bonchev–Trinajstić information content (AvgIpc) is 3.10. The van der Waals surface area contributed by atoms with Crippen LogP contribution in [0.1, 0.15) is 24.7 Å². The summed E-state index contributed by atoms with van der Waals surface area (Å²) in [5.41, 5.74) is 1.81. The number of urea groups is 1. The molecule has 2 aliphatic rings. The van der Waals surface area contributed by atoms with Gasteiger partial charge in [0.25, 0.3) is 5.91 Å². The lowest BCUT2D eigenvalue weighted by molar-refractivity contribution is -0.537. The predicted molar refractivity (Wildman–Crippen MR) is 93.8 cm³/mol. The third-order valence-electron chi connectivity index (χ3n) is 4.36. The Morgan fingerprint density at radius 1 is 1.36 bits per heavy atom. The second kappa shape index (κ2) is 6.27. The molecule has 25 heavy (non-hydrogen) atoms. The zero-order valence-corrected chi connectivity index (χ0v) is 15.1. The Balaban J connectivity index is 2.14. The average molecular weight is 343 g/mol. The molecule has 1 fully saturated rings. The van der Waals surface area contributed by atoms with E-state index in [1.54, 1.807) is 17.8 Å². The van der Waals surface area contributed by atoms with Crippen LogP contribution in [-0.4, -0.2) is 74.1 Å². The van der Waals surface area contributed by atoms with E-state index in [0.29, 0.717) is 18.3 Å². The van der Waals surface area contributed by atoms with Crippen molar-refractivity contribution >= 4 is 23.7 Å². The molecule has 3 amide bonds. The van der Waals surface area contributed by atoms with Crippen LogP contribution < -0.4 is 0 Å². The molecule has 1 atom stereocenters. The van der Waals surface area contributed by atoms with Gasteiger partial charge in [0, 0.05) is 13.6 Å². The number of likely N-dealkylation sites (N-methyl/N-ethyl adjacent to an activating group) is 1. The minimum Gasteiger partial charge on any atom is -0.270 e. The normalized spacial score (nSPS) is 20.3. The molecule has 3 rings (SSSR count). The van der Waals surface area contributed by atoms with E-state index in [0.717, 1.165) is 17.8 Å². The standard InChI is InChI=1S/C17H23N6O2/c1-6-8-21-13-14(18-16(21)23-12(4)10-11(3)19-23)20(5)17(25)22(9-7-2)15(13)24/h7,10,13H,2,6,8-9H2,1,3-5H3/q+1. The zero-order chi connectivity index (χ0) is 18.3. The highest BCUT2D eigenvalue weighted by molar-refractivity contribution is 6.23. The molecule has 1 aromatic heterocycles. The van der Waals surface area contributed by atoms with Crippen molar-refractivity contribution < 1.29 is 14.2 Å². The van der Waals surface area contributed by atoms with Crippen LogP contribution in [0.15, 0.2) is 23.7 Å². The Bertz CT molecular complexity index is 819. The van der Waals surface area contributed by atoms with Crippen LogP contribution in [0.5, 0.6) is 0 Å². The number of carbonyl (C=O) groups is 2. The van der Waals surface area contributed by atoms with Crippen LogP contribution in [0.25, 0.3) is 0 Å². The Morgan fingerprint density at radius 2 is 2.08 bits per heavy atom. The van der Waals surface area contributed by atoms with Gasteiger partial charge < -0.3 is 0 Å². The summed E-state index contributed by atoms with van der Waals surface area (Å²) in [4.78, 5) is 32.7. The quantitative estimate of drug-likeness (QED) is 0.604. The number of hydrogen-bond donors (Lipinski definition) is 0. The number of nitrogens with zero attached hydrogens (tertiary/aromatic N) is 6. The second-order valence-corrected chi connectivity index (χ2v) is 6.28. The van der Waals surface area contributed by atoms with Crippen LogP contribution in [-0.2, 0) is 4.79 Å². The second-order valence-electron chi connectivity index (χ2n) is 6.28. The first kappa shape index (κ1) is 17.1. The van der Waals surface area contributed by atoms with Crippen molar-refractivity contribution in [3.63, 3.8) is 0 Å². The van der Waals surface area contributed by atoms with Crippen LogP contribution in [0.3, 0.4) is 0 Å². The fraction of sp³-hybridized carbons (Fsp3) is 0.471. The molecule has 0 aliphatic carbocycles. The highest BCUT2D eigenvalue weighted by Gasteiger charge is 2.52. The number of imide groups is 1. The number of aromatic nitrogens is 2. The fourth-order valence-corrected chi connectivity index (χ4v) is 3.27. The van der Waals surface area contributed by atoms with Gasteiger partial charge in [-0.05, 0) is 26.3 Å². The molecule has 132 valence electrons. The van der Waals surface area contributed by atoms with E-state index in [9.17, 15) is 9.59 Å². The largest absolute Gasteiger partial charge is 0.421 e. The number of hydrogen-bond acceptors (Lipinski definition) is 4. The molecule has 0 aromatic carbocycles. The lowest BCUT2D eigenvalue weighted by Crippen LogP contribution is -2.62. The molecule has 0 saturated carbocycles. The molecule has 1 unspecified atom stereocenters. The summed E-state index contributed by atoms with van der Waals surface area (Å²) in [7, 11) is 1.64. The first-order valence-electron chi connectivity index (χ1n) is 8.36. The molecule has 0 radical (unpaired) electrons. The number of aliphatic imine (C=N–C) groups is 1. The van der Waals surface area contributed by atoms with Gasteiger partial charge in [0.1, 0.15) is 5.69 Å². The fourth-order valence-electron chi connectivity index (χ4n) is 3.27. The summed E-state index contributed by atoms with van der Waals surface area (Å²) in [5, 5.41) is 4.49. The van der Waals surface area contributed by atoms with Crippen LogP contribution in [0.2, 0.25) is 0 Å². The molecule has 3 heterocycles. The van der Waals surface area contributed by atoms with E-state index in [2.05, 4.69) is 16.7 Å². The summed E-state index contributed by atoms with van der Waals surface area (Å²) >= 11 is 0. The number of rotatable bonds is 4. The molecule has 1 saturated heterocycles. The van der Waals surface area contributed by atoms with Crippen LogP contribution in [0.4, 0.5) is 4.79 Å². The van der Waals surface area contributed by atoms with Gasteiger partial charge in [-0.1, -0.05) is 18.0 Å². The number of aryl methyl sites for hydroxylation is 2. The minimum absolute atomic E-state index is 0.182. The molecule has 0 spiro atoms. The van der Waals surface area contributed by atoms with Crippen molar-refractivity contribution in [3.8, 4) is 0 Å². The summed E-state index contributed by atoms with van der Waals surface area (Å²) in [6.07, 6.45) is 2.39. The highest BCUT2D eigenvalue weighted by Crippen LogP contribution is 2.21. The summed E-state index contributed by atoms with van der Waals surface area (Å²) in [6.45, 7) is 10.4. The predicted octanol–water partition coefficient (Wildman–Crippen LogP) is 0.987. The van der Waals surface area contributed by atoms with Gasteiger partial charge in [-0.15, -0.1) is 16.4 Å². The van der Waals surface area contributed by atoms with Gasteiger partial charge in [0.2, 0.25) is 11.9 Å². The lowest BCUT2D eigenvalue weighted by Gasteiger charge is -2.33. The summed E-state index contributed by atoms with van der Waals surface area (Å²) in [5.74, 6) is 0.763. The number of amides is 3. The molecule has 0 N–H and O–H groups in total. The van der Waals surface area contributed by atoms with E-state index < -0.39 is 6.04 Å². The molecule has 8 heteroatoms. The van der Waals surface area contributed by atoms with Gasteiger partial charge in [0.15, 0.2) is 0 Å². The van der Waals surface area contributed by atoms with Gasteiger partial charge in [-0.25, -0.2) is 9.37 Å². The monoisotopic (exact) mass is 343 g/mol. The van der Waals surface area contributed by atoms with Gasteiger partial charge in [0.05, 0.1) is 12.2 Å². The first-order valence-corrected chi connectivity index (χ1v) is 8.36. The van der Waals surface area contributed by atoms with E-state index in [4.69, 9.17) is 0 Å². The maximum atomic E-state index is 13.0. The summed E-state index contributed by atoms with van der Waals surface area (Å²) in [6, 6.07) is 0.965. The molecular formula is C17H23N6O2+. The Morgan fingerprint density at radius 3 is 2.64 bits per heavy atom. The third kappa shape index (κ3) is 2.57. The number of amidine groups is 1. The van der Waals surface area contributed by atoms with E-state index >= 15 is 0 Å². The maximum absolute atomic E-state index is 13.0. The number of carbonyl (C=O) groups excluding carboxylic acids is 2. The molecule has 8 nitrogen and oxygen atoms in total. The SMILES string of the molecule is C=CCN1C(=O)C2C(=NC(n3nc(C)cc3C)=[N+]2CCC)N(C)C1=O. The molecular weight excluding hydrogens is 320 g/mol. The third-order valence-corrected chi connectivity index (χ3v) is 4.36. The first-order chi connectivity index (χ1) is 11.9. The van der Waals surface area contributed by atoms with Gasteiger partial charge >= 0.3 is 12.0 Å². The van der Waals surface area contributed by atoms with Gasteiger partial charge in [-0.2, -0.15) is 0 Å². The lowest BCUT2D eigenvalue weighted by atomic mass is 10.1. The van der Waals surface area contributed by atoms with Crippen molar-refractivity contribution in [2.45, 2.75) is 33.2 Å². The van der Waals surface area contributed by atoms with Crippen molar-refractivity contribution in [3.05, 3.63) is 30.1 Å². The maximum Gasteiger partial charge on any atom is 0.421 e. The Labute approximate surface area is 146 Å². The smallest absolute Gasteiger partial charge is 0.270 e. The summed E-state index contributed by atoms with van der Waals surface area (Å²) < 4.78 is 3.66. The minimum atomic E-state index is -0.610. The van der Waals surface area contributed by atoms with Crippen LogP contribution in [0, 0.1) is 13.8 Å². The van der Waals surface area contributed by atoms with E-state index in [1.165, 1.54) is 9.80 Å². The zero-order valence-electron chi connectivity index (χ0n) is 15.1. The number of fused-ring (bicyclic) bond motifs is 1. The van der Waals surface area contributed by atoms with E-state index in [-0.39, 0.29) is 18.5 Å². The highest BCUT2D eigenvalue weighted by atomic mass is 16.2. The van der Waals surface area contributed by atoms with Crippen molar-refractivity contribution in [1.82, 2.24) is 19.6 Å². The Kier molecular flexibility index (Phi) is 4.28. The Hall–Kier alpha value is -2.77. The molecule has 1 aromatic rings. The van der Waals surface area contributed by atoms with Crippen molar-refractivity contribution in [1.29, 1.82) is 0 Å².